The summed E-state index contributed by atoms with van der Waals surface area (Å²) in [7, 11) is 3.58. The zero-order valence-corrected chi connectivity index (χ0v) is 21.1. The van der Waals surface area contributed by atoms with Gasteiger partial charge in [-0.25, -0.2) is 9.97 Å². The number of carbonyl (C=O) groups excluding carboxylic acids is 1. The lowest BCUT2D eigenvalue weighted by Gasteiger charge is -2.36. The highest BCUT2D eigenvalue weighted by Crippen LogP contribution is 2.39. The SMILES string of the molecule is C=CC(=O)Nc1cc(Nc2ncc3ccnc(-c4cccc(Cl)c4)c3n2)c(OC)cc1OC1CN(C)C1. The van der Waals surface area contributed by atoms with Crippen molar-refractivity contribution in [2.45, 2.75) is 6.10 Å². The molecule has 0 saturated carbocycles. The zero-order valence-electron chi connectivity index (χ0n) is 20.4. The van der Waals surface area contributed by atoms with Crippen molar-refractivity contribution in [1.29, 1.82) is 0 Å². The first-order valence-electron chi connectivity index (χ1n) is 11.6. The smallest absolute Gasteiger partial charge is 0.247 e. The number of hydrogen-bond donors (Lipinski definition) is 2. The van der Waals surface area contributed by atoms with Gasteiger partial charge in [-0.3, -0.25) is 14.7 Å². The maximum absolute atomic E-state index is 12.1. The average Bonchev–Trinajstić information content (AvgIpc) is 2.88. The predicted octanol–water partition coefficient (Wildman–Crippen LogP) is 4.91. The molecule has 0 atom stereocenters. The molecule has 1 saturated heterocycles. The highest BCUT2D eigenvalue weighted by atomic mass is 35.5. The number of rotatable bonds is 8. The fourth-order valence-corrected chi connectivity index (χ4v) is 4.28. The van der Waals surface area contributed by atoms with Gasteiger partial charge in [0.2, 0.25) is 11.9 Å². The zero-order chi connectivity index (χ0) is 25.9. The Kier molecular flexibility index (Phi) is 6.89. The molecule has 0 radical (unpaired) electrons. The number of fused-ring (bicyclic) bond motifs is 1. The number of ether oxygens (including phenoxy) is 2. The molecule has 1 amide bonds. The van der Waals surface area contributed by atoms with Crippen LogP contribution in [-0.4, -0.2) is 59.1 Å². The number of nitrogens with zero attached hydrogens (tertiary/aromatic N) is 4. The first-order valence-corrected chi connectivity index (χ1v) is 12.0. The van der Waals surface area contributed by atoms with Gasteiger partial charge in [0.05, 0.1) is 24.2 Å². The molecule has 2 aromatic heterocycles. The summed E-state index contributed by atoms with van der Waals surface area (Å²) in [6, 6.07) is 12.8. The molecule has 37 heavy (non-hydrogen) atoms. The first kappa shape index (κ1) is 24.5. The summed E-state index contributed by atoms with van der Waals surface area (Å²) in [6.45, 7) is 5.14. The van der Waals surface area contributed by atoms with Gasteiger partial charge >= 0.3 is 0 Å². The quantitative estimate of drug-likeness (QED) is 0.318. The molecule has 0 bridgehead atoms. The van der Waals surface area contributed by atoms with Crippen LogP contribution in [0, 0.1) is 0 Å². The second kappa shape index (κ2) is 10.4. The van der Waals surface area contributed by atoms with Gasteiger partial charge < -0.3 is 20.1 Å². The molecule has 0 unspecified atom stereocenters. The Labute approximate surface area is 219 Å². The highest BCUT2D eigenvalue weighted by Gasteiger charge is 2.27. The van der Waals surface area contributed by atoms with Crippen molar-refractivity contribution in [3.63, 3.8) is 0 Å². The standard InChI is InChI=1S/C27H25ClN6O3/c1-4-24(35)31-21-11-20(22(36-3)12-23(21)37-19-14-34(2)15-19)32-27-30-13-17-8-9-29-25(26(17)33-27)16-6-5-7-18(28)10-16/h4-13,19H,1,14-15H2,2-3H3,(H,31,35)(H,30,32,33). The van der Waals surface area contributed by atoms with Crippen LogP contribution in [0.4, 0.5) is 17.3 Å². The van der Waals surface area contributed by atoms with Gasteiger partial charge in [0, 0.05) is 47.5 Å². The summed E-state index contributed by atoms with van der Waals surface area (Å²) in [6.07, 6.45) is 4.66. The third kappa shape index (κ3) is 5.32. The Morgan fingerprint density at radius 1 is 1.16 bits per heavy atom. The van der Waals surface area contributed by atoms with E-state index in [0.29, 0.717) is 45.1 Å². The van der Waals surface area contributed by atoms with Crippen molar-refractivity contribution in [3.05, 3.63) is 72.5 Å². The van der Waals surface area contributed by atoms with E-state index in [1.54, 1.807) is 31.6 Å². The fourth-order valence-electron chi connectivity index (χ4n) is 4.09. The number of nitrogens with one attached hydrogen (secondary N) is 2. The lowest BCUT2D eigenvalue weighted by atomic mass is 10.1. The normalized spacial score (nSPS) is 13.6. The Hall–Kier alpha value is -4.21. The van der Waals surface area contributed by atoms with Gasteiger partial charge in [0.25, 0.3) is 0 Å². The van der Waals surface area contributed by atoms with Crippen LogP contribution >= 0.6 is 11.6 Å². The number of hydrogen-bond acceptors (Lipinski definition) is 8. The maximum Gasteiger partial charge on any atom is 0.247 e. The van der Waals surface area contributed by atoms with Crippen molar-refractivity contribution < 1.29 is 14.3 Å². The summed E-state index contributed by atoms with van der Waals surface area (Å²) in [5.74, 6) is 0.982. The molecule has 188 valence electrons. The summed E-state index contributed by atoms with van der Waals surface area (Å²) in [5, 5.41) is 7.46. The Bertz CT molecular complexity index is 1490. The maximum atomic E-state index is 12.1. The van der Waals surface area contributed by atoms with Gasteiger partial charge in [-0.15, -0.1) is 0 Å². The third-order valence-corrected chi connectivity index (χ3v) is 6.15. The van der Waals surface area contributed by atoms with E-state index in [9.17, 15) is 4.79 Å². The minimum absolute atomic E-state index is 0.0223. The monoisotopic (exact) mass is 516 g/mol. The number of pyridine rings is 1. The Morgan fingerprint density at radius 2 is 2.00 bits per heavy atom. The summed E-state index contributed by atoms with van der Waals surface area (Å²) in [4.78, 5) is 28.0. The molecule has 4 aromatic rings. The molecule has 1 fully saturated rings. The van der Waals surface area contributed by atoms with Crippen molar-refractivity contribution in [3.8, 4) is 22.8 Å². The topological polar surface area (TPSA) is 102 Å². The van der Waals surface area contributed by atoms with Crippen molar-refractivity contribution in [2.24, 2.45) is 0 Å². The fraction of sp³-hybridized carbons (Fsp3) is 0.185. The van der Waals surface area contributed by atoms with Crippen LogP contribution < -0.4 is 20.1 Å². The van der Waals surface area contributed by atoms with Gasteiger partial charge in [0.1, 0.15) is 23.1 Å². The molecule has 3 heterocycles. The lowest BCUT2D eigenvalue weighted by Crippen LogP contribution is -2.51. The van der Waals surface area contributed by atoms with Crippen LogP contribution in [0.15, 0.2) is 67.5 Å². The van der Waals surface area contributed by atoms with Crippen molar-refractivity contribution in [2.75, 3.05) is 37.9 Å². The minimum Gasteiger partial charge on any atom is -0.494 e. The predicted molar refractivity (Wildman–Crippen MR) is 145 cm³/mol. The van der Waals surface area contributed by atoms with Crippen LogP contribution in [-0.2, 0) is 4.79 Å². The second-order valence-electron chi connectivity index (χ2n) is 8.63. The number of anilines is 3. The summed E-state index contributed by atoms with van der Waals surface area (Å²) in [5.41, 5.74) is 3.22. The lowest BCUT2D eigenvalue weighted by molar-refractivity contribution is -0.111. The van der Waals surface area contributed by atoms with E-state index >= 15 is 0 Å². The summed E-state index contributed by atoms with van der Waals surface area (Å²) < 4.78 is 11.8. The number of likely N-dealkylation sites (tertiary alicyclic amines) is 1. The van der Waals surface area contributed by atoms with Crippen LogP contribution in [0.2, 0.25) is 5.02 Å². The molecule has 10 heteroatoms. The highest BCUT2D eigenvalue weighted by molar-refractivity contribution is 6.30. The van der Waals surface area contributed by atoms with Crippen molar-refractivity contribution >= 4 is 45.7 Å². The van der Waals surface area contributed by atoms with Gasteiger partial charge in [-0.1, -0.05) is 30.3 Å². The third-order valence-electron chi connectivity index (χ3n) is 5.91. The average molecular weight is 517 g/mol. The first-order chi connectivity index (χ1) is 17.9. The van der Waals surface area contributed by atoms with Gasteiger partial charge in [-0.05, 0) is 37.4 Å². The molecular formula is C27H25ClN6O3. The molecule has 9 nitrogen and oxygen atoms in total. The molecule has 0 aliphatic carbocycles. The van der Waals surface area contributed by atoms with E-state index in [2.05, 4.69) is 32.1 Å². The minimum atomic E-state index is -0.356. The van der Waals surface area contributed by atoms with Crippen LogP contribution in [0.25, 0.3) is 22.2 Å². The molecular weight excluding hydrogens is 492 g/mol. The number of benzene rings is 2. The van der Waals surface area contributed by atoms with E-state index in [1.165, 1.54) is 6.08 Å². The van der Waals surface area contributed by atoms with Gasteiger partial charge in [-0.2, -0.15) is 0 Å². The van der Waals surface area contributed by atoms with E-state index in [-0.39, 0.29) is 12.0 Å². The number of aromatic nitrogens is 3. The number of carbonyl (C=O) groups is 1. The second-order valence-corrected chi connectivity index (χ2v) is 9.07. The number of amides is 1. The summed E-state index contributed by atoms with van der Waals surface area (Å²) >= 11 is 6.21. The molecule has 5 rings (SSSR count). The number of halogens is 1. The van der Waals surface area contributed by atoms with Crippen LogP contribution in [0.5, 0.6) is 11.5 Å². The van der Waals surface area contributed by atoms with E-state index in [4.69, 9.17) is 26.1 Å². The number of likely N-dealkylation sites (N-methyl/N-ethyl adjacent to an activating group) is 1. The van der Waals surface area contributed by atoms with Crippen LogP contribution in [0.3, 0.4) is 0 Å². The largest absolute Gasteiger partial charge is 0.494 e. The van der Waals surface area contributed by atoms with E-state index in [1.807, 2.05) is 37.4 Å². The molecule has 1 aliphatic heterocycles. The van der Waals surface area contributed by atoms with Gasteiger partial charge in [0.15, 0.2) is 0 Å². The van der Waals surface area contributed by atoms with Crippen molar-refractivity contribution in [1.82, 2.24) is 19.9 Å². The molecule has 2 aromatic carbocycles. The number of methoxy groups -OCH3 is 1. The van der Waals surface area contributed by atoms with Crippen LogP contribution in [0.1, 0.15) is 0 Å². The Morgan fingerprint density at radius 3 is 2.73 bits per heavy atom. The molecule has 1 aliphatic rings. The molecule has 2 N–H and O–H groups in total. The molecule has 0 spiro atoms. The van der Waals surface area contributed by atoms with E-state index in [0.717, 1.165) is 24.0 Å². The van der Waals surface area contributed by atoms with E-state index < -0.39 is 0 Å². The Balaban J connectivity index is 1.52.